The van der Waals surface area contributed by atoms with E-state index in [0.717, 1.165) is 31.4 Å². The number of benzene rings is 1. The largest absolute Gasteiger partial charge is 0.351 e. The zero-order valence-corrected chi connectivity index (χ0v) is 13.4. The second-order valence-electron chi connectivity index (χ2n) is 5.34. The van der Waals surface area contributed by atoms with Gasteiger partial charge in [-0.15, -0.1) is 12.4 Å². The highest BCUT2D eigenvalue weighted by molar-refractivity contribution is 5.87. The van der Waals surface area contributed by atoms with Gasteiger partial charge in [0.25, 0.3) is 0 Å². The molecular formula is C15H23ClN4O2. The lowest BCUT2D eigenvalue weighted by Gasteiger charge is -2.24. The Morgan fingerprint density at radius 2 is 1.95 bits per heavy atom. The van der Waals surface area contributed by atoms with E-state index in [4.69, 9.17) is 5.73 Å². The molecule has 5 N–H and O–H groups in total. The van der Waals surface area contributed by atoms with Crippen LogP contribution in [-0.4, -0.2) is 24.5 Å². The van der Waals surface area contributed by atoms with Crippen LogP contribution in [0.1, 0.15) is 37.8 Å². The molecule has 0 radical (unpaired) electrons. The molecule has 1 aliphatic heterocycles. The molecule has 22 heavy (non-hydrogen) atoms. The van der Waals surface area contributed by atoms with E-state index in [-0.39, 0.29) is 30.4 Å². The molecule has 0 bridgehead atoms. The molecule has 2 atom stereocenters. The first-order chi connectivity index (χ1) is 10.1. The summed E-state index contributed by atoms with van der Waals surface area (Å²) < 4.78 is 0. The molecule has 0 saturated carbocycles. The number of rotatable bonds is 4. The van der Waals surface area contributed by atoms with E-state index < -0.39 is 6.03 Å². The van der Waals surface area contributed by atoms with Gasteiger partial charge in [-0.2, -0.15) is 0 Å². The fraction of sp³-hybridized carbons (Fsp3) is 0.467. The number of nitrogens with one attached hydrogen (secondary N) is 3. The number of primary amides is 1. The van der Waals surface area contributed by atoms with Gasteiger partial charge in [-0.3, -0.25) is 4.79 Å². The highest BCUT2D eigenvalue weighted by Gasteiger charge is 2.21. The topological polar surface area (TPSA) is 96.2 Å². The minimum atomic E-state index is -0.590. The monoisotopic (exact) mass is 326 g/mol. The van der Waals surface area contributed by atoms with Gasteiger partial charge in [0.05, 0.1) is 12.1 Å². The summed E-state index contributed by atoms with van der Waals surface area (Å²) in [5, 5.41) is 8.75. The summed E-state index contributed by atoms with van der Waals surface area (Å²) in [6.07, 6.45) is 3.11. The van der Waals surface area contributed by atoms with Crippen molar-refractivity contribution in [2.75, 3.05) is 11.9 Å². The number of anilines is 1. The van der Waals surface area contributed by atoms with Crippen molar-refractivity contribution in [2.24, 2.45) is 5.73 Å². The third-order valence-corrected chi connectivity index (χ3v) is 3.66. The number of carbonyl (C=O) groups is 2. The van der Waals surface area contributed by atoms with Crippen molar-refractivity contribution in [1.82, 2.24) is 10.6 Å². The molecule has 1 fully saturated rings. The molecule has 1 heterocycles. The van der Waals surface area contributed by atoms with Crippen molar-refractivity contribution >= 4 is 30.0 Å². The summed E-state index contributed by atoms with van der Waals surface area (Å²) in [6, 6.07) is 6.51. The summed E-state index contributed by atoms with van der Waals surface area (Å²) in [6.45, 7) is 2.84. The first-order valence-electron chi connectivity index (χ1n) is 7.26. The highest BCUT2D eigenvalue weighted by Crippen LogP contribution is 2.17. The molecule has 3 amide bonds. The minimum absolute atomic E-state index is 0. The van der Waals surface area contributed by atoms with Gasteiger partial charge in [-0.25, -0.2) is 4.79 Å². The smallest absolute Gasteiger partial charge is 0.316 e. The minimum Gasteiger partial charge on any atom is -0.351 e. The van der Waals surface area contributed by atoms with E-state index in [9.17, 15) is 9.59 Å². The predicted molar refractivity (Wildman–Crippen MR) is 89.1 cm³/mol. The Kier molecular flexibility index (Phi) is 7.14. The summed E-state index contributed by atoms with van der Waals surface area (Å²) in [5.74, 6) is 0.0431. The Hall–Kier alpha value is -1.79. The van der Waals surface area contributed by atoms with Gasteiger partial charge in [0, 0.05) is 5.69 Å². The maximum absolute atomic E-state index is 12.1. The summed E-state index contributed by atoms with van der Waals surface area (Å²) in [4.78, 5) is 22.9. The van der Waals surface area contributed by atoms with Crippen molar-refractivity contribution in [3.63, 3.8) is 0 Å². The fourth-order valence-electron chi connectivity index (χ4n) is 2.47. The second-order valence-corrected chi connectivity index (χ2v) is 5.34. The number of hydrogen-bond donors (Lipinski definition) is 4. The van der Waals surface area contributed by atoms with E-state index in [0.29, 0.717) is 5.69 Å². The normalized spacial score (nSPS) is 18.7. The number of piperidine rings is 1. The lowest BCUT2D eigenvalue weighted by atomic mass is 10.0. The second kappa shape index (κ2) is 8.60. The zero-order chi connectivity index (χ0) is 15.2. The molecule has 2 rings (SSSR count). The quantitative estimate of drug-likeness (QED) is 0.680. The van der Waals surface area contributed by atoms with Crippen LogP contribution in [0.15, 0.2) is 24.3 Å². The molecule has 1 saturated heterocycles. The molecule has 1 aliphatic rings. The van der Waals surface area contributed by atoms with Gasteiger partial charge in [-0.05, 0) is 44.0 Å². The molecule has 122 valence electrons. The Morgan fingerprint density at radius 1 is 1.27 bits per heavy atom. The van der Waals surface area contributed by atoms with Crippen LogP contribution in [0.2, 0.25) is 0 Å². The molecule has 0 spiro atoms. The number of carbonyl (C=O) groups excluding carboxylic acids is 2. The van der Waals surface area contributed by atoms with Crippen LogP contribution in [0.4, 0.5) is 10.5 Å². The Balaban J connectivity index is 0.00000242. The van der Waals surface area contributed by atoms with Crippen LogP contribution in [0.25, 0.3) is 0 Å². The zero-order valence-electron chi connectivity index (χ0n) is 12.6. The van der Waals surface area contributed by atoms with Gasteiger partial charge in [-0.1, -0.05) is 18.6 Å². The van der Waals surface area contributed by atoms with E-state index in [1.807, 2.05) is 19.1 Å². The molecule has 1 aromatic carbocycles. The number of nitrogens with two attached hydrogens (primary N) is 1. The van der Waals surface area contributed by atoms with Crippen LogP contribution in [-0.2, 0) is 4.79 Å². The maximum Gasteiger partial charge on any atom is 0.316 e. The molecule has 0 aliphatic carbocycles. The fourth-order valence-corrected chi connectivity index (χ4v) is 2.47. The maximum atomic E-state index is 12.1. The molecule has 1 aromatic rings. The van der Waals surface area contributed by atoms with Crippen molar-refractivity contribution in [3.05, 3.63) is 29.8 Å². The van der Waals surface area contributed by atoms with Crippen LogP contribution >= 0.6 is 12.4 Å². The van der Waals surface area contributed by atoms with E-state index in [1.165, 1.54) is 0 Å². The van der Waals surface area contributed by atoms with Crippen molar-refractivity contribution in [1.29, 1.82) is 0 Å². The predicted octanol–water partition coefficient (Wildman–Crippen LogP) is 1.92. The van der Waals surface area contributed by atoms with Gasteiger partial charge >= 0.3 is 6.03 Å². The van der Waals surface area contributed by atoms with Crippen LogP contribution in [0.5, 0.6) is 0 Å². The van der Waals surface area contributed by atoms with Crippen molar-refractivity contribution in [2.45, 2.75) is 38.3 Å². The number of halogens is 1. The van der Waals surface area contributed by atoms with Gasteiger partial charge in [0.2, 0.25) is 5.91 Å². The first-order valence-corrected chi connectivity index (χ1v) is 7.26. The number of hydrogen-bond acceptors (Lipinski definition) is 3. The standard InChI is InChI=1S/C15H22N4O2.ClH/c1-10(18-14(20)13-4-2-3-9-17-13)11-5-7-12(8-6-11)19-15(16)21;/h5-8,10,13,17H,2-4,9H2,1H3,(H,18,20)(H3,16,19,21);1H/t10?,13-;/m0./s1. The number of amides is 3. The molecule has 0 aromatic heterocycles. The van der Waals surface area contributed by atoms with Crippen LogP contribution in [0.3, 0.4) is 0 Å². The Bertz CT molecular complexity index is 501. The van der Waals surface area contributed by atoms with Gasteiger partial charge < -0.3 is 21.7 Å². The average molecular weight is 327 g/mol. The summed E-state index contributed by atoms with van der Waals surface area (Å²) in [7, 11) is 0. The average Bonchev–Trinajstić information content (AvgIpc) is 2.48. The van der Waals surface area contributed by atoms with E-state index in [1.54, 1.807) is 12.1 Å². The molecule has 6 nitrogen and oxygen atoms in total. The third-order valence-electron chi connectivity index (χ3n) is 3.66. The Labute approximate surface area is 136 Å². The Morgan fingerprint density at radius 3 is 2.50 bits per heavy atom. The molecular weight excluding hydrogens is 304 g/mol. The van der Waals surface area contributed by atoms with Gasteiger partial charge in [0.1, 0.15) is 0 Å². The highest BCUT2D eigenvalue weighted by atomic mass is 35.5. The lowest BCUT2D eigenvalue weighted by Crippen LogP contribution is -2.47. The number of urea groups is 1. The molecule has 7 heteroatoms. The van der Waals surface area contributed by atoms with Crippen molar-refractivity contribution in [3.8, 4) is 0 Å². The first kappa shape index (κ1) is 18.3. The summed E-state index contributed by atoms with van der Waals surface area (Å²) >= 11 is 0. The van der Waals surface area contributed by atoms with Crippen LogP contribution in [0, 0.1) is 0 Å². The van der Waals surface area contributed by atoms with E-state index >= 15 is 0 Å². The molecule has 1 unspecified atom stereocenters. The van der Waals surface area contributed by atoms with E-state index in [2.05, 4.69) is 16.0 Å². The van der Waals surface area contributed by atoms with Crippen LogP contribution < -0.4 is 21.7 Å². The third kappa shape index (κ3) is 5.20. The summed E-state index contributed by atoms with van der Waals surface area (Å²) in [5.41, 5.74) is 6.68. The van der Waals surface area contributed by atoms with Crippen molar-refractivity contribution < 1.29 is 9.59 Å². The SMILES string of the molecule is CC(NC(=O)[C@@H]1CCCCN1)c1ccc(NC(N)=O)cc1.Cl. The lowest BCUT2D eigenvalue weighted by molar-refractivity contribution is -0.124. The van der Waals surface area contributed by atoms with Gasteiger partial charge in [0.15, 0.2) is 0 Å².